The van der Waals surface area contributed by atoms with Gasteiger partial charge in [-0.25, -0.2) is 0 Å². The van der Waals surface area contributed by atoms with Gasteiger partial charge in [0.1, 0.15) is 0 Å². The van der Waals surface area contributed by atoms with E-state index in [2.05, 4.69) is 10.6 Å². The maximum absolute atomic E-state index is 12.3. The highest BCUT2D eigenvalue weighted by molar-refractivity contribution is 5.86. The van der Waals surface area contributed by atoms with Gasteiger partial charge in [0.25, 0.3) is 0 Å². The summed E-state index contributed by atoms with van der Waals surface area (Å²) in [5, 5.41) is 5.77. The fourth-order valence-electron chi connectivity index (χ4n) is 3.93. The van der Waals surface area contributed by atoms with Gasteiger partial charge in [-0.1, -0.05) is 43.2 Å². The van der Waals surface area contributed by atoms with Crippen molar-refractivity contribution in [3.8, 4) is 0 Å². The summed E-state index contributed by atoms with van der Waals surface area (Å²) < 4.78 is 0. The number of hydrogen-bond acceptors (Lipinski definition) is 3. The van der Waals surface area contributed by atoms with Crippen LogP contribution in [0, 0.1) is 11.8 Å². The van der Waals surface area contributed by atoms with Crippen molar-refractivity contribution in [2.45, 2.75) is 45.1 Å². The normalized spacial score (nSPS) is 18.3. The number of hydrogen-bond donors (Lipinski definition) is 2. The van der Waals surface area contributed by atoms with Gasteiger partial charge >= 0.3 is 0 Å². The average Bonchev–Trinajstić information content (AvgIpc) is 3.26. The van der Waals surface area contributed by atoms with Crippen LogP contribution in [0.4, 0.5) is 0 Å². The molecule has 0 atom stereocenters. The summed E-state index contributed by atoms with van der Waals surface area (Å²) >= 11 is 0. The Labute approximate surface area is 160 Å². The van der Waals surface area contributed by atoms with Crippen LogP contribution in [0.1, 0.15) is 44.1 Å². The summed E-state index contributed by atoms with van der Waals surface area (Å²) in [5.74, 6) is 0.0451. The Hall–Kier alpha value is -2.37. The smallest absolute Gasteiger partial charge is 0.241 e. The molecule has 0 bridgehead atoms. The number of nitrogens with zero attached hydrogens (tertiary/aromatic N) is 1. The first-order chi connectivity index (χ1) is 13.1. The highest BCUT2D eigenvalue weighted by Crippen LogP contribution is 2.24. The summed E-state index contributed by atoms with van der Waals surface area (Å²) in [7, 11) is 0. The van der Waals surface area contributed by atoms with E-state index in [0.29, 0.717) is 32.5 Å². The van der Waals surface area contributed by atoms with Crippen LogP contribution in [0.15, 0.2) is 30.3 Å². The minimum atomic E-state index is -0.0514. The van der Waals surface area contributed by atoms with E-state index in [0.717, 1.165) is 31.2 Å². The summed E-state index contributed by atoms with van der Waals surface area (Å²) in [6, 6.07) is 9.84. The number of benzene rings is 1. The molecule has 0 aromatic heterocycles. The fourth-order valence-corrected chi connectivity index (χ4v) is 3.93. The molecular weight excluding hydrogens is 342 g/mol. The van der Waals surface area contributed by atoms with Crippen molar-refractivity contribution in [1.82, 2.24) is 15.5 Å². The van der Waals surface area contributed by atoms with Crippen LogP contribution in [-0.4, -0.2) is 42.3 Å². The molecule has 2 fully saturated rings. The zero-order valence-electron chi connectivity index (χ0n) is 15.8. The molecule has 0 unspecified atom stereocenters. The van der Waals surface area contributed by atoms with Gasteiger partial charge in [0, 0.05) is 31.5 Å². The second-order valence-electron chi connectivity index (χ2n) is 7.56. The SMILES string of the molecule is O=C(NCC(=O)N1CCC(C(=O)NCc2ccccc2)CC1)C1CCCC1. The summed E-state index contributed by atoms with van der Waals surface area (Å²) in [4.78, 5) is 38.4. The molecule has 2 aliphatic rings. The van der Waals surface area contributed by atoms with Crippen molar-refractivity contribution >= 4 is 17.7 Å². The predicted octanol–water partition coefficient (Wildman–Crippen LogP) is 1.85. The van der Waals surface area contributed by atoms with Crippen LogP contribution in [-0.2, 0) is 20.9 Å². The molecule has 1 heterocycles. The van der Waals surface area contributed by atoms with E-state index in [1.807, 2.05) is 30.3 Å². The first-order valence-corrected chi connectivity index (χ1v) is 10.0. The van der Waals surface area contributed by atoms with E-state index in [-0.39, 0.29) is 36.1 Å². The van der Waals surface area contributed by atoms with Crippen molar-refractivity contribution in [1.29, 1.82) is 0 Å². The number of piperidine rings is 1. The minimum Gasteiger partial charge on any atom is -0.352 e. The Balaban J connectivity index is 1.35. The molecule has 6 heteroatoms. The van der Waals surface area contributed by atoms with Crippen LogP contribution in [0.2, 0.25) is 0 Å². The van der Waals surface area contributed by atoms with Crippen LogP contribution in [0.3, 0.4) is 0 Å². The maximum Gasteiger partial charge on any atom is 0.241 e. The van der Waals surface area contributed by atoms with Crippen molar-refractivity contribution in [2.75, 3.05) is 19.6 Å². The summed E-state index contributed by atoms with van der Waals surface area (Å²) in [6.45, 7) is 1.75. The third-order valence-electron chi connectivity index (χ3n) is 5.67. The molecule has 3 amide bonds. The molecule has 6 nitrogen and oxygen atoms in total. The zero-order valence-corrected chi connectivity index (χ0v) is 15.8. The molecule has 1 aromatic rings. The molecule has 1 aliphatic heterocycles. The average molecular weight is 371 g/mol. The molecule has 1 saturated carbocycles. The molecule has 1 aliphatic carbocycles. The third kappa shape index (κ3) is 5.55. The third-order valence-corrected chi connectivity index (χ3v) is 5.67. The molecule has 3 rings (SSSR count). The molecule has 1 saturated heterocycles. The first-order valence-electron chi connectivity index (χ1n) is 10.0. The van der Waals surface area contributed by atoms with Crippen LogP contribution in [0.5, 0.6) is 0 Å². The zero-order chi connectivity index (χ0) is 19.1. The molecule has 27 heavy (non-hydrogen) atoms. The number of amides is 3. The van der Waals surface area contributed by atoms with E-state index < -0.39 is 0 Å². The Morgan fingerprint density at radius 1 is 0.852 bits per heavy atom. The quantitative estimate of drug-likeness (QED) is 0.801. The highest BCUT2D eigenvalue weighted by atomic mass is 16.2. The van der Waals surface area contributed by atoms with E-state index in [1.165, 1.54) is 0 Å². The van der Waals surface area contributed by atoms with Gasteiger partial charge < -0.3 is 15.5 Å². The predicted molar refractivity (Wildman–Crippen MR) is 103 cm³/mol. The Morgan fingerprint density at radius 3 is 2.11 bits per heavy atom. The number of rotatable bonds is 6. The number of likely N-dealkylation sites (tertiary alicyclic amines) is 1. The van der Waals surface area contributed by atoms with E-state index in [1.54, 1.807) is 4.90 Å². The lowest BCUT2D eigenvalue weighted by molar-refractivity contribution is -0.136. The standard InChI is InChI=1S/C21H29N3O3/c25-19(15-23-20(26)17-8-4-5-9-17)24-12-10-18(11-13-24)21(27)22-14-16-6-2-1-3-7-16/h1-3,6-7,17-18H,4-5,8-15H2,(H,22,27)(H,23,26). The summed E-state index contributed by atoms with van der Waals surface area (Å²) in [5.41, 5.74) is 1.08. The molecule has 2 N–H and O–H groups in total. The maximum atomic E-state index is 12.3. The number of carbonyl (C=O) groups is 3. The number of nitrogens with one attached hydrogen (secondary N) is 2. The second kappa shape index (κ2) is 9.53. The fraction of sp³-hybridized carbons (Fsp3) is 0.571. The summed E-state index contributed by atoms with van der Waals surface area (Å²) in [6.07, 6.45) is 5.41. The molecule has 0 spiro atoms. The Kier molecular flexibility index (Phi) is 6.85. The van der Waals surface area contributed by atoms with E-state index >= 15 is 0 Å². The largest absolute Gasteiger partial charge is 0.352 e. The van der Waals surface area contributed by atoms with Gasteiger partial charge in [-0.05, 0) is 31.2 Å². The lowest BCUT2D eigenvalue weighted by Gasteiger charge is -2.31. The molecule has 1 aromatic carbocycles. The van der Waals surface area contributed by atoms with Crippen LogP contribution >= 0.6 is 0 Å². The van der Waals surface area contributed by atoms with Crippen molar-refractivity contribution < 1.29 is 14.4 Å². The first kappa shape index (κ1) is 19.4. The van der Waals surface area contributed by atoms with E-state index in [4.69, 9.17) is 0 Å². The molecule has 0 radical (unpaired) electrons. The second-order valence-corrected chi connectivity index (χ2v) is 7.56. The van der Waals surface area contributed by atoms with E-state index in [9.17, 15) is 14.4 Å². The minimum absolute atomic E-state index is 0.0102. The highest BCUT2D eigenvalue weighted by Gasteiger charge is 2.28. The molecular formula is C21H29N3O3. The van der Waals surface area contributed by atoms with Gasteiger partial charge in [-0.3, -0.25) is 14.4 Å². The van der Waals surface area contributed by atoms with Gasteiger partial charge in [-0.15, -0.1) is 0 Å². The van der Waals surface area contributed by atoms with Crippen LogP contribution in [0.25, 0.3) is 0 Å². The van der Waals surface area contributed by atoms with Gasteiger partial charge in [-0.2, -0.15) is 0 Å². The lowest BCUT2D eigenvalue weighted by Crippen LogP contribution is -2.46. The van der Waals surface area contributed by atoms with Gasteiger partial charge in [0.05, 0.1) is 6.54 Å². The Morgan fingerprint density at radius 2 is 1.44 bits per heavy atom. The lowest BCUT2D eigenvalue weighted by atomic mass is 9.95. The monoisotopic (exact) mass is 371 g/mol. The van der Waals surface area contributed by atoms with Crippen molar-refractivity contribution in [3.63, 3.8) is 0 Å². The Bertz CT molecular complexity index is 648. The number of carbonyl (C=O) groups excluding carboxylic acids is 3. The van der Waals surface area contributed by atoms with Gasteiger partial charge in [0.15, 0.2) is 0 Å². The van der Waals surface area contributed by atoms with Crippen molar-refractivity contribution in [2.24, 2.45) is 11.8 Å². The topological polar surface area (TPSA) is 78.5 Å². The molecule has 146 valence electrons. The van der Waals surface area contributed by atoms with Crippen LogP contribution < -0.4 is 10.6 Å². The van der Waals surface area contributed by atoms with Crippen molar-refractivity contribution in [3.05, 3.63) is 35.9 Å². The van der Waals surface area contributed by atoms with Gasteiger partial charge in [0.2, 0.25) is 17.7 Å².